The first kappa shape index (κ1) is 16.4. The zero-order chi connectivity index (χ0) is 16.2. The Hall–Kier alpha value is -1.50. The number of amides is 1. The number of benzene rings is 1. The molecule has 1 aromatic carbocycles. The summed E-state index contributed by atoms with van der Waals surface area (Å²) >= 11 is 6.74. The van der Waals surface area contributed by atoms with Gasteiger partial charge in [0, 0.05) is 20.8 Å². The first-order chi connectivity index (χ1) is 11.1. The predicted octanol–water partition coefficient (Wildman–Crippen LogP) is 5.05. The lowest BCUT2D eigenvalue weighted by molar-refractivity contribution is -0.121. The zero-order valence-electron chi connectivity index (χ0n) is 12.5. The number of hydrogen-bond donors (Lipinski definition) is 1. The van der Waals surface area contributed by atoms with Crippen LogP contribution in [-0.4, -0.2) is 10.9 Å². The molecule has 1 atom stereocenters. The Bertz CT molecular complexity index is 799. The average Bonchev–Trinajstić information content (AvgIpc) is 3.18. The molecular formula is C17H15BrN2OS2. The molecule has 2 heterocycles. The third-order valence-electron chi connectivity index (χ3n) is 3.41. The number of nitrogens with zero attached hydrogens (tertiary/aromatic N) is 1. The first-order valence-electron chi connectivity index (χ1n) is 7.14. The van der Waals surface area contributed by atoms with E-state index in [1.165, 1.54) is 0 Å². The van der Waals surface area contributed by atoms with Gasteiger partial charge in [0.2, 0.25) is 5.91 Å². The number of thiazole rings is 1. The summed E-state index contributed by atoms with van der Waals surface area (Å²) in [5.41, 5.74) is 3.00. The van der Waals surface area contributed by atoms with Crippen molar-refractivity contribution in [2.24, 2.45) is 0 Å². The van der Waals surface area contributed by atoms with Gasteiger partial charge in [-0.2, -0.15) is 11.3 Å². The van der Waals surface area contributed by atoms with Crippen LogP contribution in [0.4, 0.5) is 0 Å². The van der Waals surface area contributed by atoms with Crippen molar-refractivity contribution in [1.29, 1.82) is 0 Å². The number of thiophene rings is 1. The maximum atomic E-state index is 12.2. The Kier molecular flexibility index (Phi) is 5.25. The predicted molar refractivity (Wildman–Crippen MR) is 99.8 cm³/mol. The number of aromatic nitrogens is 1. The van der Waals surface area contributed by atoms with Crippen molar-refractivity contribution in [3.05, 3.63) is 62.2 Å². The van der Waals surface area contributed by atoms with Crippen LogP contribution in [-0.2, 0) is 11.2 Å². The molecule has 6 heteroatoms. The summed E-state index contributed by atoms with van der Waals surface area (Å²) in [5, 5.41) is 10.0. The monoisotopic (exact) mass is 406 g/mol. The van der Waals surface area contributed by atoms with Crippen molar-refractivity contribution in [2.75, 3.05) is 0 Å². The maximum Gasteiger partial charge on any atom is 0.226 e. The minimum Gasteiger partial charge on any atom is -0.349 e. The molecule has 0 aliphatic rings. The Balaban J connectivity index is 1.62. The second kappa shape index (κ2) is 7.38. The highest BCUT2D eigenvalue weighted by Gasteiger charge is 2.14. The second-order valence-corrected chi connectivity index (χ2v) is 7.64. The SMILES string of the molecule is C[C@H](NC(=O)Cc1csc(-c2ccsc2)n1)c1ccccc1Br. The van der Waals surface area contributed by atoms with Crippen LogP contribution in [0.5, 0.6) is 0 Å². The molecule has 0 saturated carbocycles. The van der Waals surface area contributed by atoms with Gasteiger partial charge in [-0.05, 0) is 30.0 Å². The van der Waals surface area contributed by atoms with Gasteiger partial charge >= 0.3 is 0 Å². The van der Waals surface area contributed by atoms with Crippen molar-refractivity contribution in [2.45, 2.75) is 19.4 Å². The topological polar surface area (TPSA) is 42.0 Å². The van der Waals surface area contributed by atoms with Crippen LogP contribution in [0.25, 0.3) is 10.6 Å². The Labute approximate surface area is 151 Å². The molecule has 23 heavy (non-hydrogen) atoms. The molecule has 0 bridgehead atoms. The molecule has 3 nitrogen and oxygen atoms in total. The normalized spacial score (nSPS) is 12.1. The van der Waals surface area contributed by atoms with E-state index < -0.39 is 0 Å². The van der Waals surface area contributed by atoms with E-state index in [0.717, 1.165) is 26.3 Å². The number of carbonyl (C=O) groups excluding carboxylic acids is 1. The minimum atomic E-state index is -0.0481. The van der Waals surface area contributed by atoms with Crippen molar-refractivity contribution in [3.63, 3.8) is 0 Å². The van der Waals surface area contributed by atoms with E-state index in [0.29, 0.717) is 6.42 Å². The fourth-order valence-electron chi connectivity index (χ4n) is 2.27. The summed E-state index contributed by atoms with van der Waals surface area (Å²) in [7, 11) is 0. The molecular weight excluding hydrogens is 392 g/mol. The van der Waals surface area contributed by atoms with Gasteiger partial charge in [-0.15, -0.1) is 11.3 Å². The maximum absolute atomic E-state index is 12.2. The number of carbonyl (C=O) groups is 1. The summed E-state index contributed by atoms with van der Waals surface area (Å²) in [6, 6.07) is 9.91. The smallest absolute Gasteiger partial charge is 0.226 e. The fourth-order valence-corrected chi connectivity index (χ4v) is 4.43. The van der Waals surface area contributed by atoms with Gasteiger partial charge in [0.1, 0.15) is 5.01 Å². The van der Waals surface area contributed by atoms with E-state index >= 15 is 0 Å². The summed E-state index contributed by atoms with van der Waals surface area (Å²) in [4.78, 5) is 16.8. The van der Waals surface area contributed by atoms with Crippen LogP contribution in [0.15, 0.2) is 50.9 Å². The lowest BCUT2D eigenvalue weighted by Gasteiger charge is -2.15. The van der Waals surface area contributed by atoms with Crippen LogP contribution >= 0.6 is 38.6 Å². The summed E-state index contributed by atoms with van der Waals surface area (Å²) in [6.07, 6.45) is 0.301. The Morgan fingerprint density at radius 1 is 1.30 bits per heavy atom. The minimum absolute atomic E-state index is 0.0181. The van der Waals surface area contributed by atoms with E-state index in [2.05, 4.69) is 31.6 Å². The summed E-state index contributed by atoms with van der Waals surface area (Å²) < 4.78 is 1.00. The lowest BCUT2D eigenvalue weighted by Crippen LogP contribution is -2.28. The van der Waals surface area contributed by atoms with Gasteiger partial charge in [-0.25, -0.2) is 4.98 Å². The van der Waals surface area contributed by atoms with Crippen LogP contribution in [0, 0.1) is 0 Å². The highest BCUT2D eigenvalue weighted by atomic mass is 79.9. The molecule has 2 aromatic heterocycles. The van der Waals surface area contributed by atoms with E-state index in [4.69, 9.17) is 0 Å². The standard InChI is InChI=1S/C17H15BrN2OS2/c1-11(14-4-2-3-5-15(14)18)19-16(21)8-13-10-23-17(20-13)12-6-7-22-9-12/h2-7,9-11H,8H2,1H3,(H,19,21)/t11-/m0/s1. The van der Waals surface area contributed by atoms with Gasteiger partial charge in [-0.3, -0.25) is 4.79 Å². The highest BCUT2D eigenvalue weighted by molar-refractivity contribution is 9.10. The number of halogens is 1. The highest BCUT2D eigenvalue weighted by Crippen LogP contribution is 2.26. The lowest BCUT2D eigenvalue weighted by atomic mass is 10.1. The number of hydrogen-bond acceptors (Lipinski definition) is 4. The van der Waals surface area contributed by atoms with Gasteiger partial charge in [0.15, 0.2) is 0 Å². The van der Waals surface area contributed by atoms with Crippen molar-refractivity contribution >= 4 is 44.5 Å². The molecule has 0 saturated heterocycles. The summed E-state index contributed by atoms with van der Waals surface area (Å²) in [5.74, 6) is -0.0181. The van der Waals surface area contributed by atoms with Crippen molar-refractivity contribution in [3.8, 4) is 10.6 Å². The van der Waals surface area contributed by atoms with E-state index in [9.17, 15) is 4.79 Å². The molecule has 0 fully saturated rings. The largest absolute Gasteiger partial charge is 0.349 e. The zero-order valence-corrected chi connectivity index (χ0v) is 15.7. The van der Waals surface area contributed by atoms with E-state index in [-0.39, 0.29) is 11.9 Å². The molecule has 0 spiro atoms. The molecule has 1 N–H and O–H groups in total. The van der Waals surface area contributed by atoms with Crippen LogP contribution < -0.4 is 5.32 Å². The van der Waals surface area contributed by atoms with Crippen molar-refractivity contribution in [1.82, 2.24) is 10.3 Å². The Morgan fingerprint density at radius 3 is 2.87 bits per heavy atom. The summed E-state index contributed by atoms with van der Waals surface area (Å²) in [6.45, 7) is 1.98. The van der Waals surface area contributed by atoms with Crippen molar-refractivity contribution < 1.29 is 4.79 Å². The molecule has 0 aliphatic heterocycles. The average molecular weight is 407 g/mol. The van der Waals surface area contributed by atoms with E-state index in [1.807, 2.05) is 48.0 Å². The van der Waals surface area contributed by atoms with Crippen LogP contribution in [0.2, 0.25) is 0 Å². The third kappa shape index (κ3) is 4.07. The van der Waals surface area contributed by atoms with Gasteiger partial charge < -0.3 is 5.32 Å². The number of nitrogens with one attached hydrogen (secondary N) is 1. The first-order valence-corrected chi connectivity index (χ1v) is 9.76. The quantitative estimate of drug-likeness (QED) is 0.643. The van der Waals surface area contributed by atoms with E-state index in [1.54, 1.807) is 22.7 Å². The van der Waals surface area contributed by atoms with Crippen LogP contribution in [0.3, 0.4) is 0 Å². The number of rotatable bonds is 5. The molecule has 3 rings (SSSR count). The van der Waals surface area contributed by atoms with Gasteiger partial charge in [-0.1, -0.05) is 34.1 Å². The molecule has 118 valence electrons. The molecule has 0 aliphatic carbocycles. The van der Waals surface area contributed by atoms with Gasteiger partial charge in [0.25, 0.3) is 0 Å². The molecule has 0 radical (unpaired) electrons. The molecule has 1 amide bonds. The third-order valence-corrected chi connectivity index (χ3v) is 5.76. The van der Waals surface area contributed by atoms with Gasteiger partial charge in [0.05, 0.1) is 18.2 Å². The second-order valence-electron chi connectivity index (χ2n) is 5.14. The molecule has 0 unspecified atom stereocenters. The fraction of sp³-hybridized carbons (Fsp3) is 0.176. The van der Waals surface area contributed by atoms with Crippen LogP contribution in [0.1, 0.15) is 24.2 Å². The Morgan fingerprint density at radius 2 is 2.13 bits per heavy atom. The molecule has 3 aromatic rings.